The van der Waals surface area contributed by atoms with Crippen molar-refractivity contribution in [3.8, 4) is 11.5 Å². The summed E-state index contributed by atoms with van der Waals surface area (Å²) in [6, 6.07) is 6.44. The van der Waals surface area contributed by atoms with Crippen molar-refractivity contribution in [2.45, 2.75) is 0 Å². The molecule has 17 heavy (non-hydrogen) atoms. The number of rotatable bonds is 4. The molecule has 0 saturated carbocycles. The van der Waals surface area contributed by atoms with Crippen molar-refractivity contribution in [2.75, 3.05) is 0 Å². The summed E-state index contributed by atoms with van der Waals surface area (Å²) in [5.74, 6) is 0.560. The quantitative estimate of drug-likeness (QED) is 0.836. The van der Waals surface area contributed by atoms with Crippen molar-refractivity contribution in [3.05, 3.63) is 49.1 Å². The van der Waals surface area contributed by atoms with Crippen LogP contribution in [0.1, 0.15) is 0 Å². The summed E-state index contributed by atoms with van der Waals surface area (Å²) in [6.07, 6.45) is 5.92. The van der Waals surface area contributed by atoms with Crippen LogP contribution in [-0.2, 0) is 4.57 Å². The van der Waals surface area contributed by atoms with E-state index in [1.807, 2.05) is 0 Å². The van der Waals surface area contributed by atoms with Crippen LogP contribution in [0.15, 0.2) is 49.1 Å². The van der Waals surface area contributed by atoms with Gasteiger partial charge in [-0.05, 0) is 24.3 Å². The van der Waals surface area contributed by atoms with E-state index >= 15 is 0 Å². The van der Waals surface area contributed by atoms with Crippen molar-refractivity contribution >= 4 is 7.75 Å². The van der Waals surface area contributed by atoms with Gasteiger partial charge in [-0.2, -0.15) is 0 Å². The first-order chi connectivity index (χ1) is 8.16. The van der Waals surface area contributed by atoms with Crippen LogP contribution in [0.2, 0.25) is 0 Å². The van der Waals surface area contributed by atoms with Gasteiger partial charge in [-0.15, -0.1) is 0 Å². The Kier molecular flexibility index (Phi) is 3.37. The molecule has 2 aromatic rings. The van der Waals surface area contributed by atoms with Gasteiger partial charge in [0.1, 0.15) is 11.5 Å². The maximum absolute atomic E-state index is 11.8. The van der Waals surface area contributed by atoms with Gasteiger partial charge >= 0.3 is 7.75 Å². The Morgan fingerprint density at radius 2 is 1.47 bits per heavy atom. The maximum Gasteiger partial charge on any atom is 0.510 e. The molecule has 0 atom stereocenters. The fourth-order valence-corrected chi connectivity index (χ4v) is 1.96. The second-order valence-electron chi connectivity index (χ2n) is 3.10. The first-order valence-corrected chi connectivity index (χ1v) is 6.35. The smallest absolute Gasteiger partial charge is 0.403 e. The van der Waals surface area contributed by atoms with Crippen molar-refractivity contribution in [2.24, 2.45) is 5.50 Å². The molecule has 0 bridgehead atoms. The number of nitrogens with zero attached hydrogens (tertiary/aromatic N) is 2. The minimum Gasteiger partial charge on any atom is -0.403 e. The molecule has 0 unspecified atom stereocenters. The van der Waals surface area contributed by atoms with Gasteiger partial charge in [-0.1, -0.05) is 0 Å². The highest BCUT2D eigenvalue weighted by Crippen LogP contribution is 2.40. The number of aromatic nitrogens is 2. The lowest BCUT2D eigenvalue weighted by atomic mass is 10.5. The predicted octanol–water partition coefficient (Wildman–Crippen LogP) is 2.00. The van der Waals surface area contributed by atoms with Crippen LogP contribution in [-0.4, -0.2) is 9.97 Å². The van der Waals surface area contributed by atoms with Crippen molar-refractivity contribution in [1.82, 2.24) is 9.97 Å². The average Bonchev–Trinajstić information content (AvgIpc) is 2.30. The van der Waals surface area contributed by atoms with Gasteiger partial charge < -0.3 is 9.05 Å². The van der Waals surface area contributed by atoms with Gasteiger partial charge in [0.05, 0.1) is 12.4 Å². The van der Waals surface area contributed by atoms with Gasteiger partial charge in [0.15, 0.2) is 0 Å². The standard InChI is InChI=1S/C10H10N3O3P/c11-17(14,15-9-3-1-5-12-7-9)16-10-4-2-6-13-8-10/h1-8H,(H2,11,14). The van der Waals surface area contributed by atoms with E-state index in [-0.39, 0.29) is 11.5 Å². The largest absolute Gasteiger partial charge is 0.510 e. The summed E-state index contributed by atoms with van der Waals surface area (Å²) >= 11 is 0. The molecule has 0 aliphatic heterocycles. The molecule has 0 aliphatic carbocycles. The number of hydrogen-bond donors (Lipinski definition) is 1. The maximum atomic E-state index is 11.8. The fraction of sp³-hybridized carbons (Fsp3) is 0. The Bertz CT molecular complexity index is 475. The van der Waals surface area contributed by atoms with E-state index in [0.29, 0.717) is 0 Å². The van der Waals surface area contributed by atoms with Crippen LogP contribution in [0.25, 0.3) is 0 Å². The Hall–Kier alpha value is -1.91. The lowest BCUT2D eigenvalue weighted by Gasteiger charge is -2.14. The Balaban J connectivity index is 2.07. The Morgan fingerprint density at radius 3 is 1.82 bits per heavy atom. The zero-order chi connectivity index (χ0) is 12.1. The summed E-state index contributed by atoms with van der Waals surface area (Å²) in [6.45, 7) is 0. The molecule has 0 fully saturated rings. The van der Waals surface area contributed by atoms with E-state index in [0.717, 1.165) is 0 Å². The highest BCUT2D eigenvalue weighted by Gasteiger charge is 2.22. The zero-order valence-corrected chi connectivity index (χ0v) is 9.66. The van der Waals surface area contributed by atoms with Crippen LogP contribution in [0, 0.1) is 0 Å². The predicted molar refractivity (Wildman–Crippen MR) is 61.5 cm³/mol. The normalized spacial score (nSPS) is 10.9. The lowest BCUT2D eigenvalue weighted by molar-refractivity contribution is 0.386. The molecule has 6 nitrogen and oxygen atoms in total. The van der Waals surface area contributed by atoms with E-state index in [9.17, 15) is 4.57 Å². The highest BCUT2D eigenvalue weighted by molar-refractivity contribution is 7.52. The lowest BCUT2D eigenvalue weighted by Crippen LogP contribution is -2.09. The van der Waals surface area contributed by atoms with E-state index < -0.39 is 7.75 Å². The molecular weight excluding hydrogens is 241 g/mol. The molecule has 7 heteroatoms. The molecule has 2 aromatic heterocycles. The van der Waals surface area contributed by atoms with Crippen molar-refractivity contribution in [3.63, 3.8) is 0 Å². The molecule has 2 heterocycles. The van der Waals surface area contributed by atoms with Gasteiger partial charge in [-0.3, -0.25) is 9.97 Å². The summed E-state index contributed by atoms with van der Waals surface area (Å²) in [4.78, 5) is 7.61. The Morgan fingerprint density at radius 1 is 1.00 bits per heavy atom. The minimum absolute atomic E-state index is 0.280. The summed E-state index contributed by atoms with van der Waals surface area (Å²) in [5.41, 5.74) is 5.44. The van der Waals surface area contributed by atoms with Gasteiger partial charge in [0.25, 0.3) is 0 Å². The van der Waals surface area contributed by atoms with Crippen LogP contribution < -0.4 is 14.6 Å². The summed E-state index contributed by atoms with van der Waals surface area (Å²) in [7, 11) is -3.72. The van der Waals surface area contributed by atoms with Gasteiger partial charge in [0.2, 0.25) is 0 Å². The average molecular weight is 251 g/mol. The molecule has 0 amide bonds. The molecule has 88 valence electrons. The van der Waals surface area contributed by atoms with Crippen molar-refractivity contribution < 1.29 is 13.6 Å². The number of nitrogens with two attached hydrogens (primary N) is 1. The van der Waals surface area contributed by atoms with E-state index in [1.54, 1.807) is 36.7 Å². The van der Waals surface area contributed by atoms with Crippen LogP contribution in [0.3, 0.4) is 0 Å². The molecule has 0 aliphatic rings. The number of hydrogen-bond acceptors (Lipinski definition) is 5. The van der Waals surface area contributed by atoms with E-state index in [1.165, 1.54) is 12.4 Å². The SMILES string of the molecule is NP(=O)(Oc1cccnc1)Oc1cccnc1. The molecule has 0 spiro atoms. The minimum atomic E-state index is -3.72. The second-order valence-corrected chi connectivity index (χ2v) is 4.54. The molecule has 0 radical (unpaired) electrons. The topological polar surface area (TPSA) is 87.3 Å². The van der Waals surface area contributed by atoms with E-state index in [4.69, 9.17) is 14.6 Å². The van der Waals surface area contributed by atoms with Crippen molar-refractivity contribution in [1.29, 1.82) is 0 Å². The number of pyridine rings is 2. The third-order valence-electron chi connectivity index (χ3n) is 1.73. The molecule has 2 rings (SSSR count). The van der Waals surface area contributed by atoms with Gasteiger partial charge in [-0.25, -0.2) is 10.1 Å². The van der Waals surface area contributed by atoms with Crippen LogP contribution in [0.5, 0.6) is 11.5 Å². The molecule has 0 saturated heterocycles. The Labute approximate surface area is 98.0 Å². The van der Waals surface area contributed by atoms with Crippen LogP contribution >= 0.6 is 7.75 Å². The molecular formula is C10H10N3O3P. The van der Waals surface area contributed by atoms with E-state index in [2.05, 4.69) is 9.97 Å². The summed E-state index contributed by atoms with van der Waals surface area (Å²) in [5, 5.41) is 0. The first-order valence-electron chi connectivity index (χ1n) is 4.73. The zero-order valence-electron chi connectivity index (χ0n) is 8.76. The summed E-state index contributed by atoms with van der Waals surface area (Å²) < 4.78 is 21.9. The first kappa shape index (κ1) is 11.6. The second kappa shape index (κ2) is 4.95. The van der Waals surface area contributed by atoms with Gasteiger partial charge in [0, 0.05) is 12.4 Å². The molecule has 2 N–H and O–H groups in total. The highest BCUT2D eigenvalue weighted by atomic mass is 31.2. The fourth-order valence-electron chi connectivity index (χ4n) is 1.11. The monoisotopic (exact) mass is 251 g/mol. The molecule has 0 aromatic carbocycles. The van der Waals surface area contributed by atoms with Crippen LogP contribution in [0.4, 0.5) is 0 Å². The third-order valence-corrected chi connectivity index (χ3v) is 2.66. The third kappa shape index (κ3) is 3.55.